The van der Waals surface area contributed by atoms with Crippen molar-refractivity contribution in [1.29, 1.82) is 5.26 Å². The fraction of sp³-hybridized carbons (Fsp3) is 0.545. The Kier molecular flexibility index (Phi) is 7.88. The van der Waals surface area contributed by atoms with Gasteiger partial charge in [0.15, 0.2) is 0 Å². The van der Waals surface area contributed by atoms with Crippen LogP contribution in [-0.2, 0) is 9.53 Å². The van der Waals surface area contributed by atoms with Crippen LogP contribution in [0.2, 0.25) is 5.02 Å². The lowest BCUT2D eigenvalue weighted by molar-refractivity contribution is -0.131. The Bertz CT molecular complexity index is 873. The van der Waals surface area contributed by atoms with Crippen molar-refractivity contribution in [1.82, 2.24) is 14.8 Å². The van der Waals surface area contributed by atoms with Crippen molar-refractivity contribution in [2.75, 3.05) is 32.8 Å². The van der Waals surface area contributed by atoms with E-state index in [1.807, 2.05) is 54.1 Å². The van der Waals surface area contributed by atoms with Gasteiger partial charge < -0.3 is 14.5 Å². The molecule has 8 nitrogen and oxygen atoms in total. The number of nitrogens with zero attached hydrogens (tertiary/aromatic N) is 6. The summed E-state index contributed by atoms with van der Waals surface area (Å²) in [5.41, 5.74) is 1.66. The molecule has 0 spiro atoms. The number of carbonyl (C=O) groups excluding carboxylic acids is 1. The molecule has 0 saturated carbocycles. The van der Waals surface area contributed by atoms with E-state index in [1.54, 1.807) is 5.01 Å². The molecule has 1 unspecified atom stereocenters. The number of halogens is 1. The van der Waals surface area contributed by atoms with Gasteiger partial charge in [0.05, 0.1) is 24.4 Å². The van der Waals surface area contributed by atoms with Gasteiger partial charge in [0.25, 0.3) is 0 Å². The Balaban J connectivity index is 1.88. The minimum Gasteiger partial charge on any atom is -0.375 e. The topological polar surface area (TPSA) is 84.5 Å². The van der Waals surface area contributed by atoms with E-state index in [9.17, 15) is 10.1 Å². The van der Waals surface area contributed by atoms with E-state index in [0.29, 0.717) is 43.6 Å². The largest absolute Gasteiger partial charge is 0.375 e. The van der Waals surface area contributed by atoms with Gasteiger partial charge in [-0.25, -0.2) is 5.01 Å². The smallest absolute Gasteiger partial charge is 0.233 e. The van der Waals surface area contributed by atoms with Crippen molar-refractivity contribution >= 4 is 29.2 Å². The zero-order valence-electron chi connectivity index (χ0n) is 18.3. The number of nitriles is 1. The maximum Gasteiger partial charge on any atom is 0.233 e. The first-order valence-corrected chi connectivity index (χ1v) is 11.1. The Morgan fingerprint density at radius 2 is 2.00 bits per heavy atom. The normalized spacial score (nSPS) is 19.1. The number of hydrogen-bond donors (Lipinski definition) is 0. The van der Waals surface area contributed by atoms with Crippen LogP contribution in [-0.4, -0.2) is 77.3 Å². The first-order chi connectivity index (χ1) is 15.0. The van der Waals surface area contributed by atoms with Gasteiger partial charge in [0.1, 0.15) is 0 Å². The summed E-state index contributed by atoms with van der Waals surface area (Å²) in [5, 5.41) is 16.5. The number of hydrogen-bond acceptors (Lipinski definition) is 5. The average molecular weight is 445 g/mol. The van der Waals surface area contributed by atoms with Gasteiger partial charge in [0.2, 0.25) is 18.1 Å². The van der Waals surface area contributed by atoms with E-state index < -0.39 is 0 Å². The highest BCUT2D eigenvalue weighted by Gasteiger charge is 2.39. The van der Waals surface area contributed by atoms with E-state index in [4.69, 9.17) is 21.4 Å². The highest BCUT2D eigenvalue weighted by Crippen LogP contribution is 2.24. The Labute approximate surface area is 188 Å². The first kappa shape index (κ1) is 23.0. The number of amides is 1. The number of rotatable bonds is 7. The van der Waals surface area contributed by atoms with Crippen LogP contribution >= 0.6 is 11.6 Å². The summed E-state index contributed by atoms with van der Waals surface area (Å²) < 4.78 is 5.77. The maximum absolute atomic E-state index is 12.6. The van der Waals surface area contributed by atoms with Crippen LogP contribution in [0.25, 0.3) is 0 Å². The summed E-state index contributed by atoms with van der Waals surface area (Å²) in [5.74, 6) is 0.555. The van der Waals surface area contributed by atoms with Gasteiger partial charge in [-0.05, 0) is 25.5 Å². The van der Waals surface area contributed by atoms with Crippen LogP contribution in [0.1, 0.15) is 39.2 Å². The number of ether oxygens (including phenoxy) is 1. The predicted octanol–water partition coefficient (Wildman–Crippen LogP) is 2.93. The molecule has 1 saturated heterocycles. The minimum atomic E-state index is -0.240. The molecule has 1 amide bonds. The number of aliphatic imine (C=N–C) groups is 1. The second kappa shape index (κ2) is 10.6. The first-order valence-electron chi connectivity index (χ1n) is 10.8. The van der Waals surface area contributed by atoms with Crippen molar-refractivity contribution in [2.45, 2.75) is 45.8 Å². The second-order valence-electron chi connectivity index (χ2n) is 7.53. The number of guanidine groups is 1. The van der Waals surface area contributed by atoms with Crippen LogP contribution in [0.15, 0.2) is 34.4 Å². The lowest BCUT2D eigenvalue weighted by Gasteiger charge is -2.42. The molecule has 31 heavy (non-hydrogen) atoms. The Morgan fingerprint density at radius 3 is 2.58 bits per heavy atom. The molecule has 0 N–H and O–H groups in total. The van der Waals surface area contributed by atoms with E-state index in [-0.39, 0.29) is 18.1 Å². The Hall–Kier alpha value is -2.63. The molecule has 9 heteroatoms. The maximum atomic E-state index is 12.6. The van der Waals surface area contributed by atoms with Gasteiger partial charge in [-0.3, -0.25) is 4.79 Å². The SMILES string of the molecule is CCCOC1CN(C(=NC#N)N2CC(N(CC)C(=O)CC)C(c3ccc(Cl)cc3)=N2)C1. The number of hydrazone groups is 1. The molecule has 166 valence electrons. The average Bonchev–Trinajstić information content (AvgIpc) is 3.17. The number of likely N-dealkylation sites (N-methyl/N-ethyl adjacent to an activating group) is 1. The summed E-state index contributed by atoms with van der Waals surface area (Å²) in [6.45, 7) is 8.96. The van der Waals surface area contributed by atoms with Crippen LogP contribution in [0, 0.1) is 11.5 Å². The highest BCUT2D eigenvalue weighted by molar-refractivity contribution is 6.30. The van der Waals surface area contributed by atoms with Crippen molar-refractivity contribution in [3.8, 4) is 6.19 Å². The monoisotopic (exact) mass is 444 g/mol. The molecule has 2 heterocycles. The van der Waals surface area contributed by atoms with Crippen LogP contribution in [0.4, 0.5) is 0 Å². The predicted molar refractivity (Wildman–Crippen MR) is 121 cm³/mol. The zero-order chi connectivity index (χ0) is 22.4. The Morgan fingerprint density at radius 1 is 1.29 bits per heavy atom. The summed E-state index contributed by atoms with van der Waals surface area (Å²) in [7, 11) is 0. The van der Waals surface area contributed by atoms with Gasteiger partial charge in [-0.1, -0.05) is 37.6 Å². The summed E-state index contributed by atoms with van der Waals surface area (Å²) in [4.78, 5) is 20.5. The van der Waals surface area contributed by atoms with E-state index in [1.165, 1.54) is 0 Å². The quantitative estimate of drug-likeness (QED) is 0.366. The fourth-order valence-electron chi connectivity index (χ4n) is 3.83. The standard InChI is InChI=1S/C22H29ClN6O2/c1-4-11-31-18-12-27(13-18)22(25-15-24)29-14-19(28(6-3)20(30)5-2)21(26-29)16-7-9-17(23)10-8-16/h7-10,18-19H,4-6,11-14H2,1-3H3. The number of benzene rings is 1. The number of likely N-dealkylation sites (tertiary alicyclic amines) is 1. The third-order valence-corrected chi connectivity index (χ3v) is 5.69. The molecule has 0 radical (unpaired) electrons. The molecule has 1 atom stereocenters. The molecule has 3 rings (SSSR count). The molecular weight excluding hydrogens is 416 g/mol. The van der Waals surface area contributed by atoms with Crippen LogP contribution in [0.3, 0.4) is 0 Å². The van der Waals surface area contributed by atoms with Crippen LogP contribution < -0.4 is 0 Å². The third kappa shape index (κ3) is 5.17. The summed E-state index contributed by atoms with van der Waals surface area (Å²) in [6, 6.07) is 7.19. The molecule has 0 aromatic heterocycles. The molecule has 1 fully saturated rings. The summed E-state index contributed by atoms with van der Waals surface area (Å²) >= 11 is 6.07. The lowest BCUT2D eigenvalue weighted by Crippen LogP contribution is -2.58. The van der Waals surface area contributed by atoms with E-state index >= 15 is 0 Å². The summed E-state index contributed by atoms with van der Waals surface area (Å²) in [6.07, 6.45) is 3.42. The molecule has 2 aliphatic heterocycles. The molecular formula is C22H29ClN6O2. The molecule has 2 aliphatic rings. The number of carbonyl (C=O) groups is 1. The van der Waals surface area contributed by atoms with Crippen molar-refractivity contribution in [2.24, 2.45) is 10.1 Å². The molecule has 1 aromatic carbocycles. The van der Waals surface area contributed by atoms with Gasteiger partial charge in [-0.2, -0.15) is 10.4 Å². The second-order valence-corrected chi connectivity index (χ2v) is 7.97. The van der Waals surface area contributed by atoms with Crippen molar-refractivity contribution in [3.63, 3.8) is 0 Å². The van der Waals surface area contributed by atoms with E-state index in [2.05, 4.69) is 11.9 Å². The zero-order valence-corrected chi connectivity index (χ0v) is 19.0. The van der Waals surface area contributed by atoms with Gasteiger partial charge >= 0.3 is 0 Å². The van der Waals surface area contributed by atoms with Gasteiger partial charge in [0, 0.05) is 43.2 Å². The highest BCUT2D eigenvalue weighted by atomic mass is 35.5. The van der Waals surface area contributed by atoms with Gasteiger partial charge in [-0.15, -0.1) is 4.99 Å². The van der Waals surface area contributed by atoms with Crippen molar-refractivity contribution in [3.05, 3.63) is 34.9 Å². The van der Waals surface area contributed by atoms with Crippen LogP contribution in [0.5, 0.6) is 0 Å². The van der Waals surface area contributed by atoms with Crippen molar-refractivity contribution < 1.29 is 9.53 Å². The fourth-order valence-corrected chi connectivity index (χ4v) is 3.96. The third-order valence-electron chi connectivity index (χ3n) is 5.44. The minimum absolute atomic E-state index is 0.0618. The van der Waals surface area contributed by atoms with E-state index in [0.717, 1.165) is 24.3 Å². The molecule has 1 aromatic rings. The molecule has 0 aliphatic carbocycles. The molecule has 0 bridgehead atoms. The lowest BCUT2D eigenvalue weighted by atomic mass is 10.0.